The third-order valence-corrected chi connectivity index (χ3v) is 5.25. The molecule has 118 valence electrons. The second-order valence-corrected chi connectivity index (χ2v) is 6.49. The number of ether oxygens (including phenoxy) is 1. The quantitative estimate of drug-likeness (QED) is 0.349. The summed E-state index contributed by atoms with van der Waals surface area (Å²) in [5.74, 6) is 0.377. The van der Waals surface area contributed by atoms with Crippen LogP contribution in [0.3, 0.4) is 0 Å². The highest BCUT2D eigenvalue weighted by atomic mass is 32.2. The first-order valence-electron chi connectivity index (χ1n) is 7.12. The van der Waals surface area contributed by atoms with E-state index in [2.05, 4.69) is 20.7 Å². The maximum Gasteiger partial charge on any atom is 0.325 e. The second kappa shape index (κ2) is 7.53. The summed E-state index contributed by atoms with van der Waals surface area (Å²) in [5, 5.41) is 8.80. The first-order chi connectivity index (χ1) is 10.1. The molecule has 0 radical (unpaired) electrons. The van der Waals surface area contributed by atoms with Crippen LogP contribution < -0.4 is 16.0 Å². The molecule has 2 fully saturated rings. The summed E-state index contributed by atoms with van der Waals surface area (Å²) in [4.78, 5) is 33.6. The van der Waals surface area contributed by atoms with E-state index in [1.165, 1.54) is 7.11 Å². The number of urea groups is 1. The van der Waals surface area contributed by atoms with Gasteiger partial charge < -0.3 is 20.7 Å². The van der Waals surface area contributed by atoms with Gasteiger partial charge >= 0.3 is 12.0 Å². The monoisotopic (exact) mass is 315 g/mol. The van der Waals surface area contributed by atoms with Crippen LogP contribution >= 0.6 is 11.8 Å². The highest BCUT2D eigenvalue weighted by molar-refractivity contribution is 8.00. The molecule has 21 heavy (non-hydrogen) atoms. The van der Waals surface area contributed by atoms with Gasteiger partial charge in [0, 0.05) is 17.4 Å². The van der Waals surface area contributed by atoms with Gasteiger partial charge in [-0.2, -0.15) is 11.8 Å². The van der Waals surface area contributed by atoms with Gasteiger partial charge in [-0.1, -0.05) is 6.42 Å². The van der Waals surface area contributed by atoms with Crippen molar-refractivity contribution in [2.75, 3.05) is 19.4 Å². The van der Waals surface area contributed by atoms with Crippen LogP contribution in [0.15, 0.2) is 0 Å². The average molecular weight is 315 g/mol. The number of hydrogen-bond acceptors (Lipinski definition) is 5. The number of thioether (sulfide) groups is 1. The van der Waals surface area contributed by atoms with Gasteiger partial charge in [-0.15, -0.1) is 0 Å². The van der Waals surface area contributed by atoms with Crippen LogP contribution in [0.25, 0.3) is 0 Å². The normalized spacial score (nSPS) is 26.7. The molecule has 1 unspecified atom stereocenters. The standard InChI is InChI=1S/C13H21N3O4S/c1-20-11(18)6-14-10(17)5-3-2-4-9-12-8(7-21-9)15-13(19)16-12/h8-9,12H,2-7H2,1H3,(H,14,17)(H2,15,16,19)/t8?,9-,12-/m0/s1. The van der Waals surface area contributed by atoms with Gasteiger partial charge in [-0.3, -0.25) is 9.59 Å². The molecular formula is C13H21N3O4S. The fourth-order valence-electron chi connectivity index (χ4n) is 2.61. The lowest BCUT2D eigenvalue weighted by atomic mass is 10.0. The van der Waals surface area contributed by atoms with Crippen LogP contribution in [0.1, 0.15) is 25.7 Å². The topological polar surface area (TPSA) is 96.5 Å². The molecule has 0 spiro atoms. The summed E-state index contributed by atoms with van der Waals surface area (Å²) < 4.78 is 4.45. The molecule has 3 N–H and O–H groups in total. The Morgan fingerprint density at radius 1 is 1.38 bits per heavy atom. The SMILES string of the molecule is COC(=O)CNC(=O)CCCC[C@@H]1SCC2NC(=O)N[C@@H]21. The zero-order chi connectivity index (χ0) is 15.2. The molecule has 0 aliphatic carbocycles. The Bertz CT molecular complexity index is 418. The minimum absolute atomic E-state index is 0.0718. The Morgan fingerprint density at radius 2 is 2.19 bits per heavy atom. The number of hydrogen-bond donors (Lipinski definition) is 3. The van der Waals surface area contributed by atoms with Gasteiger partial charge in [-0.05, 0) is 12.8 Å². The number of amides is 3. The predicted molar refractivity (Wildman–Crippen MR) is 79.0 cm³/mol. The van der Waals surface area contributed by atoms with Crippen LogP contribution in [0.2, 0.25) is 0 Å². The first kappa shape index (κ1) is 15.9. The Morgan fingerprint density at radius 3 is 2.95 bits per heavy atom. The fourth-order valence-corrected chi connectivity index (χ4v) is 4.15. The number of carbonyl (C=O) groups excluding carboxylic acids is 3. The molecule has 2 rings (SSSR count). The molecule has 2 saturated heterocycles. The number of nitrogens with one attached hydrogen (secondary N) is 3. The van der Waals surface area contributed by atoms with E-state index in [-0.39, 0.29) is 30.6 Å². The summed E-state index contributed by atoms with van der Waals surface area (Å²) in [6.07, 6.45) is 3.11. The summed E-state index contributed by atoms with van der Waals surface area (Å²) in [5.41, 5.74) is 0. The highest BCUT2D eigenvalue weighted by Gasteiger charge is 2.42. The first-order valence-corrected chi connectivity index (χ1v) is 8.17. The van der Waals surface area contributed by atoms with Crippen molar-refractivity contribution in [1.82, 2.24) is 16.0 Å². The van der Waals surface area contributed by atoms with Gasteiger partial charge in [-0.25, -0.2) is 4.79 Å². The third-order valence-electron chi connectivity index (χ3n) is 3.74. The lowest BCUT2D eigenvalue weighted by Gasteiger charge is -2.16. The van der Waals surface area contributed by atoms with Crippen molar-refractivity contribution in [3.63, 3.8) is 0 Å². The van der Waals surface area contributed by atoms with Crippen molar-refractivity contribution in [2.45, 2.75) is 43.0 Å². The number of methoxy groups -OCH3 is 1. The molecular weight excluding hydrogens is 294 g/mol. The van der Waals surface area contributed by atoms with Gasteiger partial charge in [0.15, 0.2) is 0 Å². The van der Waals surface area contributed by atoms with Crippen molar-refractivity contribution in [2.24, 2.45) is 0 Å². The van der Waals surface area contributed by atoms with E-state index in [9.17, 15) is 14.4 Å². The number of rotatable bonds is 7. The summed E-state index contributed by atoms with van der Waals surface area (Å²) in [7, 11) is 1.29. The average Bonchev–Trinajstić information content (AvgIpc) is 3.00. The Hall–Kier alpha value is -1.44. The predicted octanol–water partition coefficient (Wildman–Crippen LogP) is 0.00140. The zero-order valence-corrected chi connectivity index (χ0v) is 12.8. The van der Waals surface area contributed by atoms with E-state index in [0.29, 0.717) is 11.7 Å². The Kier molecular flexibility index (Phi) is 5.72. The maximum atomic E-state index is 11.5. The van der Waals surface area contributed by atoms with Crippen LogP contribution in [0, 0.1) is 0 Å². The van der Waals surface area contributed by atoms with Gasteiger partial charge in [0.1, 0.15) is 6.54 Å². The Balaban J connectivity index is 1.57. The van der Waals surface area contributed by atoms with Crippen LogP contribution in [-0.4, -0.2) is 54.6 Å². The lowest BCUT2D eigenvalue weighted by molar-refractivity contribution is -0.141. The van der Waals surface area contributed by atoms with E-state index in [1.807, 2.05) is 11.8 Å². The molecule has 2 aliphatic heterocycles. The zero-order valence-electron chi connectivity index (χ0n) is 12.0. The molecule has 0 saturated carbocycles. The van der Waals surface area contributed by atoms with Crippen molar-refractivity contribution in [3.05, 3.63) is 0 Å². The van der Waals surface area contributed by atoms with E-state index in [0.717, 1.165) is 25.0 Å². The maximum absolute atomic E-state index is 11.5. The number of carbonyl (C=O) groups is 3. The van der Waals surface area contributed by atoms with Crippen molar-refractivity contribution in [3.8, 4) is 0 Å². The highest BCUT2D eigenvalue weighted by Crippen LogP contribution is 2.33. The van der Waals surface area contributed by atoms with Crippen LogP contribution in [0.4, 0.5) is 4.79 Å². The molecule has 0 aromatic rings. The molecule has 3 atom stereocenters. The van der Waals surface area contributed by atoms with E-state index < -0.39 is 5.97 Å². The molecule has 0 aromatic carbocycles. The van der Waals surface area contributed by atoms with Gasteiger partial charge in [0.05, 0.1) is 19.2 Å². The molecule has 2 heterocycles. The summed E-state index contributed by atoms with van der Waals surface area (Å²) >= 11 is 1.87. The van der Waals surface area contributed by atoms with Crippen molar-refractivity contribution in [1.29, 1.82) is 0 Å². The van der Waals surface area contributed by atoms with Gasteiger partial charge in [0.2, 0.25) is 5.91 Å². The van der Waals surface area contributed by atoms with E-state index >= 15 is 0 Å². The minimum atomic E-state index is -0.443. The number of fused-ring (bicyclic) bond motifs is 1. The molecule has 3 amide bonds. The summed E-state index contributed by atoms with van der Waals surface area (Å²) in [6, 6.07) is 0.393. The third kappa shape index (κ3) is 4.52. The van der Waals surface area contributed by atoms with Crippen LogP contribution in [0.5, 0.6) is 0 Å². The Labute approximate surface area is 127 Å². The molecule has 7 nitrogen and oxygen atoms in total. The van der Waals surface area contributed by atoms with E-state index in [4.69, 9.17) is 0 Å². The van der Waals surface area contributed by atoms with Crippen molar-refractivity contribution < 1.29 is 19.1 Å². The number of esters is 1. The largest absolute Gasteiger partial charge is 0.468 e. The van der Waals surface area contributed by atoms with E-state index in [1.54, 1.807) is 0 Å². The molecule has 2 aliphatic rings. The van der Waals surface area contributed by atoms with Crippen molar-refractivity contribution >= 4 is 29.7 Å². The smallest absolute Gasteiger partial charge is 0.325 e. The summed E-state index contributed by atoms with van der Waals surface area (Å²) in [6.45, 7) is -0.0741. The molecule has 8 heteroatoms. The molecule has 0 aromatic heterocycles. The minimum Gasteiger partial charge on any atom is -0.468 e. The number of unbranched alkanes of at least 4 members (excludes halogenated alkanes) is 1. The molecule has 0 bridgehead atoms. The second-order valence-electron chi connectivity index (χ2n) is 5.22. The lowest BCUT2D eigenvalue weighted by Crippen LogP contribution is -2.36. The fraction of sp³-hybridized carbons (Fsp3) is 0.769. The van der Waals surface area contributed by atoms with Gasteiger partial charge in [0.25, 0.3) is 0 Å². The van der Waals surface area contributed by atoms with Crippen LogP contribution in [-0.2, 0) is 14.3 Å².